The summed E-state index contributed by atoms with van der Waals surface area (Å²) in [5.41, 5.74) is 0. The van der Waals surface area contributed by atoms with E-state index in [0.717, 1.165) is 25.8 Å². The zero-order valence-electron chi connectivity index (χ0n) is 5.44. The Morgan fingerprint density at radius 1 is 1.25 bits per heavy atom. The van der Waals surface area contributed by atoms with Crippen LogP contribution < -0.4 is 5.32 Å². The molecule has 0 heterocycles. The highest BCUT2D eigenvalue weighted by atomic mass is 16.2. The first-order valence-electron chi connectivity index (χ1n) is 3.14. The SMILES string of the molecule is CNCCCCC[O]. The minimum Gasteiger partial charge on any atom is -0.320 e. The van der Waals surface area contributed by atoms with Gasteiger partial charge in [-0.05, 0) is 32.9 Å². The largest absolute Gasteiger partial charge is 0.320 e. The second kappa shape index (κ2) is 6.92. The Balaban J connectivity index is 2.53. The van der Waals surface area contributed by atoms with Crippen molar-refractivity contribution in [2.75, 3.05) is 20.2 Å². The van der Waals surface area contributed by atoms with Crippen molar-refractivity contribution in [3.63, 3.8) is 0 Å². The molecule has 0 aromatic rings. The zero-order valence-corrected chi connectivity index (χ0v) is 5.44. The molecule has 0 aliphatic carbocycles. The van der Waals surface area contributed by atoms with Crippen LogP contribution in [0.1, 0.15) is 19.3 Å². The molecule has 0 fully saturated rings. The van der Waals surface area contributed by atoms with E-state index in [1.165, 1.54) is 0 Å². The van der Waals surface area contributed by atoms with Crippen molar-refractivity contribution in [1.82, 2.24) is 5.32 Å². The molecule has 0 rings (SSSR count). The maximum atomic E-state index is 9.87. The number of nitrogens with one attached hydrogen (secondary N) is 1. The first kappa shape index (κ1) is 7.92. The van der Waals surface area contributed by atoms with Gasteiger partial charge in [-0.25, -0.2) is 5.11 Å². The van der Waals surface area contributed by atoms with Crippen molar-refractivity contribution in [3.8, 4) is 0 Å². The molecule has 0 aromatic heterocycles. The van der Waals surface area contributed by atoms with Crippen LogP contribution in [0.2, 0.25) is 0 Å². The third kappa shape index (κ3) is 5.92. The van der Waals surface area contributed by atoms with Crippen LogP contribution in [0.4, 0.5) is 0 Å². The summed E-state index contributed by atoms with van der Waals surface area (Å²) in [6, 6.07) is 0. The normalized spacial score (nSPS) is 9.75. The van der Waals surface area contributed by atoms with Gasteiger partial charge < -0.3 is 5.32 Å². The fourth-order valence-electron chi connectivity index (χ4n) is 0.581. The lowest BCUT2D eigenvalue weighted by Gasteiger charge is -1.94. The van der Waals surface area contributed by atoms with Crippen molar-refractivity contribution < 1.29 is 5.11 Å². The summed E-state index contributed by atoms with van der Waals surface area (Å²) in [5.74, 6) is 0. The van der Waals surface area contributed by atoms with Crippen LogP contribution in [0.15, 0.2) is 0 Å². The van der Waals surface area contributed by atoms with Gasteiger partial charge in [0, 0.05) is 0 Å². The molecule has 0 bridgehead atoms. The smallest absolute Gasteiger partial charge is 0.0822 e. The molecule has 0 saturated carbocycles. The molecule has 1 radical (unpaired) electrons. The van der Waals surface area contributed by atoms with Crippen LogP contribution in [0.3, 0.4) is 0 Å². The van der Waals surface area contributed by atoms with Gasteiger partial charge in [0.2, 0.25) is 0 Å². The van der Waals surface area contributed by atoms with Crippen LogP contribution in [-0.4, -0.2) is 20.2 Å². The highest BCUT2D eigenvalue weighted by Crippen LogP contribution is 1.90. The van der Waals surface area contributed by atoms with Gasteiger partial charge in [-0.1, -0.05) is 0 Å². The summed E-state index contributed by atoms with van der Waals surface area (Å²) < 4.78 is 0. The van der Waals surface area contributed by atoms with Gasteiger partial charge in [0.15, 0.2) is 0 Å². The van der Waals surface area contributed by atoms with Crippen molar-refractivity contribution in [3.05, 3.63) is 0 Å². The minimum atomic E-state index is 0.0870. The van der Waals surface area contributed by atoms with E-state index in [0.29, 0.717) is 0 Å². The van der Waals surface area contributed by atoms with E-state index in [9.17, 15) is 5.11 Å². The molecule has 2 nitrogen and oxygen atoms in total. The summed E-state index contributed by atoms with van der Waals surface area (Å²) in [6.07, 6.45) is 3.05. The predicted molar refractivity (Wildman–Crippen MR) is 33.3 cm³/mol. The molecule has 0 spiro atoms. The molecular formula is C6H14NO. The number of hydrogen-bond donors (Lipinski definition) is 1. The first-order valence-corrected chi connectivity index (χ1v) is 3.14. The number of unbranched alkanes of at least 4 members (excludes halogenated alkanes) is 2. The number of hydrogen-bond acceptors (Lipinski definition) is 1. The molecule has 0 aromatic carbocycles. The second-order valence-corrected chi connectivity index (χ2v) is 1.87. The number of rotatable bonds is 5. The van der Waals surface area contributed by atoms with Crippen molar-refractivity contribution in [1.29, 1.82) is 0 Å². The Morgan fingerprint density at radius 3 is 2.50 bits per heavy atom. The van der Waals surface area contributed by atoms with E-state index in [1.807, 2.05) is 7.05 Å². The second-order valence-electron chi connectivity index (χ2n) is 1.87. The topological polar surface area (TPSA) is 31.9 Å². The van der Waals surface area contributed by atoms with E-state index in [4.69, 9.17) is 0 Å². The van der Waals surface area contributed by atoms with Gasteiger partial charge in [0.1, 0.15) is 0 Å². The lowest BCUT2D eigenvalue weighted by molar-refractivity contribution is 0.186. The third-order valence-corrected chi connectivity index (χ3v) is 1.07. The molecule has 0 aliphatic heterocycles. The zero-order chi connectivity index (χ0) is 6.24. The fourth-order valence-corrected chi connectivity index (χ4v) is 0.581. The van der Waals surface area contributed by atoms with Gasteiger partial charge in [0.25, 0.3) is 0 Å². The molecule has 8 heavy (non-hydrogen) atoms. The van der Waals surface area contributed by atoms with E-state index < -0.39 is 0 Å². The Bertz CT molecular complexity index is 33.5. The average Bonchev–Trinajstić information content (AvgIpc) is 1.81. The standard InChI is InChI=1S/C6H14NO/c1-7-5-3-2-4-6-8/h7H,2-6H2,1H3. The van der Waals surface area contributed by atoms with Crippen LogP contribution in [0.5, 0.6) is 0 Å². The van der Waals surface area contributed by atoms with Crippen LogP contribution in [0, 0.1) is 0 Å². The third-order valence-electron chi connectivity index (χ3n) is 1.07. The highest BCUT2D eigenvalue weighted by molar-refractivity contribution is 4.41. The molecule has 0 unspecified atom stereocenters. The molecule has 0 aliphatic rings. The molecule has 0 atom stereocenters. The Hall–Kier alpha value is -0.0800. The molecule has 1 N–H and O–H groups in total. The van der Waals surface area contributed by atoms with Crippen LogP contribution in [0.25, 0.3) is 0 Å². The van der Waals surface area contributed by atoms with E-state index in [-0.39, 0.29) is 6.61 Å². The highest BCUT2D eigenvalue weighted by Gasteiger charge is 1.84. The van der Waals surface area contributed by atoms with Gasteiger partial charge in [-0.3, -0.25) is 0 Å². The summed E-state index contributed by atoms with van der Waals surface area (Å²) in [7, 11) is 1.93. The monoisotopic (exact) mass is 116 g/mol. The maximum Gasteiger partial charge on any atom is 0.0822 e. The van der Waals surface area contributed by atoms with Gasteiger partial charge in [0.05, 0.1) is 6.61 Å². The Morgan fingerprint density at radius 2 is 2.00 bits per heavy atom. The molecule has 0 saturated heterocycles. The summed E-state index contributed by atoms with van der Waals surface area (Å²) in [5, 5.41) is 12.9. The van der Waals surface area contributed by atoms with Gasteiger partial charge in [-0.15, -0.1) is 0 Å². The molecule has 0 amide bonds. The average molecular weight is 116 g/mol. The Labute approximate surface area is 50.9 Å². The maximum absolute atomic E-state index is 9.87. The first-order chi connectivity index (χ1) is 3.91. The predicted octanol–water partition coefficient (Wildman–Crippen LogP) is 0.807. The summed E-state index contributed by atoms with van der Waals surface area (Å²) in [4.78, 5) is 0. The van der Waals surface area contributed by atoms with Crippen molar-refractivity contribution >= 4 is 0 Å². The van der Waals surface area contributed by atoms with Crippen LogP contribution >= 0.6 is 0 Å². The summed E-state index contributed by atoms with van der Waals surface area (Å²) >= 11 is 0. The Kier molecular flexibility index (Phi) is 6.85. The lowest BCUT2D eigenvalue weighted by atomic mass is 10.2. The minimum absolute atomic E-state index is 0.0870. The van der Waals surface area contributed by atoms with Gasteiger partial charge in [-0.2, -0.15) is 0 Å². The van der Waals surface area contributed by atoms with Crippen LogP contribution in [-0.2, 0) is 5.11 Å². The molecule has 49 valence electrons. The molecular weight excluding hydrogens is 102 g/mol. The quantitative estimate of drug-likeness (QED) is 0.529. The van der Waals surface area contributed by atoms with E-state index >= 15 is 0 Å². The lowest BCUT2D eigenvalue weighted by Crippen LogP contribution is -2.07. The fraction of sp³-hybridized carbons (Fsp3) is 1.00. The van der Waals surface area contributed by atoms with E-state index in [1.54, 1.807) is 0 Å². The summed E-state index contributed by atoms with van der Waals surface area (Å²) in [6.45, 7) is 1.13. The van der Waals surface area contributed by atoms with Gasteiger partial charge >= 0.3 is 0 Å². The molecule has 2 heteroatoms. The van der Waals surface area contributed by atoms with Crippen molar-refractivity contribution in [2.45, 2.75) is 19.3 Å². The van der Waals surface area contributed by atoms with Crippen molar-refractivity contribution in [2.24, 2.45) is 0 Å². The van der Waals surface area contributed by atoms with E-state index in [2.05, 4.69) is 5.32 Å².